The summed E-state index contributed by atoms with van der Waals surface area (Å²) >= 11 is 11.6. The molecule has 3 rings (SSSR count). The fourth-order valence-electron chi connectivity index (χ4n) is 3.11. The van der Waals surface area contributed by atoms with E-state index in [0.717, 1.165) is 31.0 Å². The Morgan fingerprint density at radius 2 is 1.85 bits per heavy atom. The molecule has 0 unspecified atom stereocenters. The number of aromatic nitrogens is 3. The van der Waals surface area contributed by atoms with Gasteiger partial charge in [-0.2, -0.15) is 5.10 Å². The minimum Gasteiger partial charge on any atom is -0.450 e. The van der Waals surface area contributed by atoms with Crippen LogP contribution in [0.1, 0.15) is 13.8 Å². The maximum Gasteiger partial charge on any atom is 0.409 e. The molecule has 7 nitrogen and oxygen atoms in total. The average molecular weight is 410 g/mol. The third-order valence-electron chi connectivity index (χ3n) is 4.57. The average Bonchev–Trinajstić information content (AvgIpc) is 2.98. The molecule has 2 aromatic rings. The Bertz CT molecular complexity index is 840. The van der Waals surface area contributed by atoms with Gasteiger partial charge in [-0.3, -0.25) is 4.90 Å². The molecule has 2 heterocycles. The summed E-state index contributed by atoms with van der Waals surface area (Å²) in [6.07, 6.45) is -0.242. The zero-order chi connectivity index (χ0) is 19.4. The molecule has 0 spiro atoms. The van der Waals surface area contributed by atoms with Crippen molar-refractivity contribution < 1.29 is 9.53 Å². The molecular weight excluding hydrogens is 386 g/mol. The van der Waals surface area contributed by atoms with E-state index in [0.29, 0.717) is 36.2 Å². The number of ether oxygens (including phenoxy) is 1. The second-order valence-electron chi connectivity index (χ2n) is 6.30. The van der Waals surface area contributed by atoms with Crippen LogP contribution < -0.4 is 0 Å². The van der Waals surface area contributed by atoms with Crippen LogP contribution >= 0.6 is 23.8 Å². The molecule has 1 amide bonds. The van der Waals surface area contributed by atoms with Gasteiger partial charge in [-0.25, -0.2) is 9.48 Å². The number of halogens is 1. The predicted octanol–water partition coefficient (Wildman–Crippen LogP) is 3.49. The summed E-state index contributed by atoms with van der Waals surface area (Å²) in [5.74, 6) is 0.837. The number of hydrogen-bond acceptors (Lipinski definition) is 5. The minimum atomic E-state index is -0.242. The van der Waals surface area contributed by atoms with Gasteiger partial charge in [-0.15, -0.1) is 0 Å². The Morgan fingerprint density at radius 3 is 2.44 bits per heavy atom. The molecule has 0 saturated carbocycles. The van der Waals surface area contributed by atoms with Crippen molar-refractivity contribution in [1.82, 2.24) is 24.1 Å². The fraction of sp³-hybridized carbons (Fsp3) is 0.500. The van der Waals surface area contributed by atoms with Crippen LogP contribution in [0.25, 0.3) is 11.4 Å². The van der Waals surface area contributed by atoms with Crippen LogP contribution in [0, 0.1) is 4.77 Å². The van der Waals surface area contributed by atoms with Gasteiger partial charge in [0.1, 0.15) is 0 Å². The van der Waals surface area contributed by atoms with Gasteiger partial charge < -0.3 is 14.2 Å². The summed E-state index contributed by atoms with van der Waals surface area (Å²) in [5.41, 5.74) is 0.984. The standard InChI is InChI=1S/C18H24ClN5O2S/c1-3-23-16(14-5-7-15(19)8-6-14)20-24(17(23)27)13-21-9-11-22(12-10-21)18(25)26-4-2/h5-8H,3-4,9-13H2,1-2H3. The summed E-state index contributed by atoms with van der Waals surface area (Å²) in [5, 5.41) is 5.44. The van der Waals surface area contributed by atoms with Gasteiger partial charge in [-0.05, 0) is 50.3 Å². The molecule has 0 atom stereocenters. The van der Waals surface area contributed by atoms with E-state index in [2.05, 4.69) is 11.8 Å². The lowest BCUT2D eigenvalue weighted by Crippen LogP contribution is -2.49. The molecule has 0 N–H and O–H groups in total. The first-order valence-corrected chi connectivity index (χ1v) is 9.89. The van der Waals surface area contributed by atoms with Crippen LogP contribution in [0.15, 0.2) is 24.3 Å². The fourth-order valence-corrected chi connectivity index (χ4v) is 3.55. The number of carbonyl (C=O) groups is 1. The molecule has 146 valence electrons. The first-order valence-electron chi connectivity index (χ1n) is 9.11. The summed E-state index contributed by atoms with van der Waals surface area (Å²) < 4.78 is 9.63. The van der Waals surface area contributed by atoms with Crippen molar-refractivity contribution in [3.63, 3.8) is 0 Å². The summed E-state index contributed by atoms with van der Waals surface area (Å²) in [6.45, 7) is 8.42. The van der Waals surface area contributed by atoms with Crippen molar-refractivity contribution in [3.8, 4) is 11.4 Å². The summed E-state index contributed by atoms with van der Waals surface area (Å²) in [6, 6.07) is 7.61. The van der Waals surface area contributed by atoms with Crippen LogP contribution in [0.2, 0.25) is 5.02 Å². The largest absolute Gasteiger partial charge is 0.450 e. The van der Waals surface area contributed by atoms with Crippen LogP contribution in [-0.2, 0) is 18.0 Å². The first kappa shape index (κ1) is 19.9. The zero-order valence-electron chi connectivity index (χ0n) is 15.6. The number of benzene rings is 1. The third-order valence-corrected chi connectivity index (χ3v) is 5.26. The first-order chi connectivity index (χ1) is 13.0. The molecule has 1 aliphatic heterocycles. The van der Waals surface area contributed by atoms with E-state index >= 15 is 0 Å². The van der Waals surface area contributed by atoms with Gasteiger partial charge in [0.05, 0.1) is 13.3 Å². The van der Waals surface area contributed by atoms with Crippen molar-refractivity contribution in [3.05, 3.63) is 34.1 Å². The second-order valence-corrected chi connectivity index (χ2v) is 7.10. The molecule has 9 heteroatoms. The third kappa shape index (κ3) is 4.51. The molecule has 1 fully saturated rings. The Hall–Kier alpha value is -1.90. The number of carbonyl (C=O) groups excluding carboxylic acids is 1. The quantitative estimate of drug-likeness (QED) is 0.707. The lowest BCUT2D eigenvalue weighted by atomic mass is 10.2. The van der Waals surface area contributed by atoms with Crippen LogP contribution in [0.4, 0.5) is 4.79 Å². The van der Waals surface area contributed by atoms with Crippen molar-refractivity contribution in [2.75, 3.05) is 32.8 Å². The van der Waals surface area contributed by atoms with Crippen LogP contribution in [-0.4, -0.2) is 63.0 Å². The number of nitrogens with zero attached hydrogens (tertiary/aromatic N) is 5. The highest BCUT2D eigenvalue weighted by Gasteiger charge is 2.23. The van der Waals surface area contributed by atoms with Gasteiger partial charge in [0.15, 0.2) is 10.6 Å². The van der Waals surface area contributed by atoms with E-state index in [1.54, 1.807) is 4.90 Å². The molecule has 0 aliphatic carbocycles. The maximum atomic E-state index is 11.8. The molecule has 0 radical (unpaired) electrons. The Labute approximate surface area is 169 Å². The SMILES string of the molecule is CCOC(=O)N1CCN(Cn2nc(-c3ccc(Cl)cc3)n(CC)c2=S)CC1. The molecule has 0 bridgehead atoms. The molecule has 27 heavy (non-hydrogen) atoms. The summed E-state index contributed by atoms with van der Waals surface area (Å²) in [4.78, 5) is 15.8. The van der Waals surface area contributed by atoms with Crippen molar-refractivity contribution in [2.45, 2.75) is 27.1 Å². The molecule has 1 saturated heterocycles. The van der Waals surface area contributed by atoms with E-state index in [1.807, 2.05) is 40.4 Å². The minimum absolute atomic E-state index is 0.242. The summed E-state index contributed by atoms with van der Waals surface area (Å²) in [7, 11) is 0. The van der Waals surface area contributed by atoms with E-state index in [9.17, 15) is 4.79 Å². The highest BCUT2D eigenvalue weighted by atomic mass is 35.5. The van der Waals surface area contributed by atoms with E-state index in [4.69, 9.17) is 33.7 Å². The molecule has 1 aromatic heterocycles. The predicted molar refractivity (Wildman–Crippen MR) is 107 cm³/mol. The van der Waals surface area contributed by atoms with Gasteiger partial charge in [0.2, 0.25) is 0 Å². The van der Waals surface area contributed by atoms with Crippen molar-refractivity contribution >= 4 is 29.9 Å². The number of rotatable bonds is 5. The van der Waals surface area contributed by atoms with Gasteiger partial charge in [-0.1, -0.05) is 11.6 Å². The van der Waals surface area contributed by atoms with Gasteiger partial charge >= 0.3 is 6.09 Å². The van der Waals surface area contributed by atoms with Gasteiger partial charge in [0.25, 0.3) is 0 Å². The van der Waals surface area contributed by atoms with Crippen molar-refractivity contribution in [2.24, 2.45) is 0 Å². The highest BCUT2D eigenvalue weighted by Crippen LogP contribution is 2.21. The van der Waals surface area contributed by atoms with Crippen LogP contribution in [0.5, 0.6) is 0 Å². The molecule has 1 aliphatic rings. The van der Waals surface area contributed by atoms with Crippen LogP contribution in [0.3, 0.4) is 0 Å². The maximum absolute atomic E-state index is 11.8. The van der Waals surface area contributed by atoms with Crippen molar-refractivity contribution in [1.29, 1.82) is 0 Å². The number of hydrogen-bond donors (Lipinski definition) is 0. The number of piperazine rings is 1. The highest BCUT2D eigenvalue weighted by molar-refractivity contribution is 7.71. The lowest BCUT2D eigenvalue weighted by Gasteiger charge is -2.33. The smallest absolute Gasteiger partial charge is 0.409 e. The lowest BCUT2D eigenvalue weighted by molar-refractivity contribution is 0.0690. The molecule has 1 aromatic carbocycles. The molecular formula is C18H24ClN5O2S. The second kappa shape index (κ2) is 8.86. The van der Waals surface area contributed by atoms with E-state index in [-0.39, 0.29) is 6.09 Å². The zero-order valence-corrected chi connectivity index (χ0v) is 17.2. The Morgan fingerprint density at radius 1 is 1.19 bits per heavy atom. The van der Waals surface area contributed by atoms with E-state index < -0.39 is 0 Å². The Balaban J connectivity index is 1.72. The van der Waals surface area contributed by atoms with Gasteiger partial charge in [0, 0.05) is 43.3 Å². The monoisotopic (exact) mass is 409 g/mol. The van der Waals surface area contributed by atoms with E-state index in [1.165, 1.54) is 0 Å². The Kier molecular flexibility index (Phi) is 6.51. The number of amides is 1. The normalized spacial score (nSPS) is 15.1. The topological polar surface area (TPSA) is 55.5 Å².